The lowest BCUT2D eigenvalue weighted by Gasteiger charge is -2.38. The first-order valence-electron chi connectivity index (χ1n) is 47.1. The number of ether oxygens (including phenoxy) is 5. The van der Waals surface area contributed by atoms with Crippen molar-refractivity contribution in [3.8, 4) is 5.75 Å². The van der Waals surface area contributed by atoms with Crippen LogP contribution < -0.4 is 4.74 Å². The van der Waals surface area contributed by atoms with Crippen LogP contribution in [-0.4, -0.2) is 94.2 Å². The molecule has 1 aromatic rings. The standard InChI is InChI=1S/C21H26ClF3O3.C16H28O2.C16H26O2.C13H22O.C12H20O.C11H18O.C8H17O5P.ClH/c22-18-5-4-16(28-21(23,24)25)12-17(18)15-7-10-20(11-8-15)9-6-14(13-20)2-1-3-19(26)27;2*1-2-18-15(17)8-6-7-14-9-12-16(13-14)10-4-3-5-11-16;1-14-10-6-12-5-9-13(11-12)7-3-2-4-8-13;13-9-5-11-4-8-12(10-11)6-2-1-3-7-12;12-9-10-4-7-11(8-10)5-2-1-3-6-11;1-4-11-8(9)7-14(10,12-5-2)13-6-3;/h4-5,12,14-15H,1-3,6-11,13H2,(H,26,27);14H,2-13H2,1H3;6,8,14H,2-5,7,9-13H2,1H3;6,10,12H,2-5,7-9,11H2,1H3;9,11H,1-8,10H2;9-10H,1-8H2;4-7H2,1-3H3;1H/b;;8-6-;10-6+;;;;. The number of carbonyl (C=O) groups excluding carboxylic acids is 5. The third kappa shape index (κ3) is 36.3. The number of carbonyl (C=O) groups is 6. The molecule has 15 nitrogen and oxygen atoms in total. The van der Waals surface area contributed by atoms with Gasteiger partial charge in [0.15, 0.2) is 0 Å². The van der Waals surface area contributed by atoms with Crippen molar-refractivity contribution < 1.29 is 84.3 Å². The van der Waals surface area contributed by atoms with Crippen molar-refractivity contribution in [2.75, 3.05) is 46.3 Å². The van der Waals surface area contributed by atoms with Crippen LogP contribution in [0.25, 0.3) is 0 Å². The van der Waals surface area contributed by atoms with E-state index in [9.17, 15) is 46.5 Å². The maximum atomic E-state index is 12.5. The molecule has 12 fully saturated rings. The van der Waals surface area contributed by atoms with Gasteiger partial charge in [0.1, 0.15) is 24.5 Å². The lowest BCUT2D eigenvalue weighted by molar-refractivity contribution is -0.274. The largest absolute Gasteiger partial charge is 0.573 e. The van der Waals surface area contributed by atoms with E-state index in [1.165, 1.54) is 294 Å². The molecular formula is C97H158Cl2F3O15P. The highest BCUT2D eigenvalue weighted by Crippen LogP contribution is 2.59. The van der Waals surface area contributed by atoms with Gasteiger partial charge in [-0.2, -0.15) is 0 Å². The second-order valence-corrected chi connectivity index (χ2v) is 40.6. The summed E-state index contributed by atoms with van der Waals surface area (Å²) in [6.07, 6.45) is 75.8. The monoisotopic (exact) mass is 1720 g/mol. The molecule has 676 valence electrons. The zero-order chi connectivity index (χ0) is 84.5. The van der Waals surface area contributed by atoms with Crippen molar-refractivity contribution in [2.45, 2.75) is 400 Å². The molecule has 13 rings (SSSR count). The second kappa shape index (κ2) is 53.4. The molecule has 6 atom stereocenters. The Hall–Kier alpha value is -3.96. The van der Waals surface area contributed by atoms with E-state index in [-0.39, 0.29) is 68.4 Å². The third-order valence-corrected chi connectivity index (χ3v) is 32.0. The van der Waals surface area contributed by atoms with Gasteiger partial charge in [0.25, 0.3) is 0 Å². The molecule has 12 saturated carbocycles. The molecular weight excluding hydrogens is 1560 g/mol. The quantitative estimate of drug-likeness (QED) is 0.0217. The average Bonchev–Trinajstić information content (AvgIpc) is 1.49. The molecule has 1 aromatic carbocycles. The molecule has 0 saturated heterocycles. The van der Waals surface area contributed by atoms with Crippen molar-refractivity contribution >= 4 is 68.1 Å². The van der Waals surface area contributed by atoms with Crippen molar-refractivity contribution in [1.82, 2.24) is 0 Å². The zero-order valence-corrected chi connectivity index (χ0v) is 76.4. The fourth-order valence-electron chi connectivity index (χ4n) is 23.9. The summed E-state index contributed by atoms with van der Waals surface area (Å²) in [5.74, 6) is 2.67. The van der Waals surface area contributed by atoms with E-state index in [0.717, 1.165) is 112 Å². The van der Waals surface area contributed by atoms with E-state index in [2.05, 4.69) is 15.5 Å². The number of methoxy groups -OCH3 is 1. The summed E-state index contributed by atoms with van der Waals surface area (Å²) in [5, 5.41) is 9.28. The van der Waals surface area contributed by atoms with E-state index in [1.807, 2.05) is 26.2 Å². The number of hydrogen-bond acceptors (Lipinski definition) is 14. The number of allylic oxidation sites excluding steroid dienone is 2. The molecule has 0 bridgehead atoms. The lowest BCUT2D eigenvalue weighted by Crippen LogP contribution is -2.24. The van der Waals surface area contributed by atoms with Gasteiger partial charge in [-0.3, -0.25) is 18.9 Å². The number of halogens is 5. The summed E-state index contributed by atoms with van der Waals surface area (Å²) >= 11 is 6.27. The Balaban J connectivity index is 0.000000218. The highest BCUT2D eigenvalue weighted by Gasteiger charge is 2.46. The number of carboxylic acids is 1. The van der Waals surface area contributed by atoms with Crippen LogP contribution in [0.3, 0.4) is 0 Å². The number of rotatable bonds is 27. The highest BCUT2D eigenvalue weighted by molar-refractivity contribution is 7.54. The number of aldehydes is 2. The molecule has 0 amide bonds. The summed E-state index contributed by atoms with van der Waals surface area (Å²) in [7, 11) is -1.54. The topological polar surface area (TPSA) is 204 Å². The fourth-order valence-corrected chi connectivity index (χ4v) is 25.6. The van der Waals surface area contributed by atoms with Crippen LogP contribution in [-0.2, 0) is 61.3 Å². The zero-order valence-electron chi connectivity index (χ0n) is 73.9. The van der Waals surface area contributed by atoms with Crippen LogP contribution in [0.4, 0.5) is 13.2 Å². The lowest BCUT2D eigenvalue weighted by atomic mass is 9.67. The van der Waals surface area contributed by atoms with E-state index in [1.54, 1.807) is 34.0 Å². The fraction of sp³-hybridized carbons (Fsp3) is 0.835. The maximum absolute atomic E-state index is 12.5. The molecule has 1 N–H and O–H groups in total. The first kappa shape index (κ1) is 103. The van der Waals surface area contributed by atoms with E-state index >= 15 is 0 Å². The summed E-state index contributed by atoms with van der Waals surface area (Å²) in [4.78, 5) is 65.3. The molecule has 0 radical (unpaired) electrons. The number of alkyl halides is 3. The predicted molar refractivity (Wildman–Crippen MR) is 468 cm³/mol. The van der Waals surface area contributed by atoms with Crippen molar-refractivity contribution in [3.63, 3.8) is 0 Å². The van der Waals surface area contributed by atoms with E-state index in [0.29, 0.717) is 63.6 Å². The minimum atomic E-state index is -4.71. The minimum Gasteiger partial charge on any atom is -0.505 e. The number of esters is 3. The van der Waals surface area contributed by atoms with Gasteiger partial charge in [0.05, 0.1) is 46.4 Å². The Labute approximate surface area is 721 Å². The van der Waals surface area contributed by atoms with Gasteiger partial charge in [0.2, 0.25) is 0 Å². The SMILES string of the molecule is CCOC(=O)/C=C\CC1CCC2(CCCCC2)C1.CCOC(=O)CCCC1CCC2(CCCCC2)C1.CCOC(=O)CP(=O)(OCC)OCC.CO/C=C/C1CCC2(CCCCC2)C1.Cl.O=C(O)CCCC1CCC2(CCC(c3cc(OC(F)(F)F)ccc3Cl)CC2)C1.O=CC1CCC2(CCCCC2)C1.O=CCC1CCC2(CCCCC2)C1. The normalized spacial score (nSPS) is 26.8. The van der Waals surface area contributed by atoms with Gasteiger partial charge in [-0.15, -0.1) is 25.6 Å². The number of aliphatic carboxylic acids is 1. The summed E-state index contributed by atoms with van der Waals surface area (Å²) in [5.41, 5.74) is 4.50. The van der Waals surface area contributed by atoms with Crippen molar-refractivity contribution in [1.29, 1.82) is 0 Å². The van der Waals surface area contributed by atoms with Crippen LogP contribution in [0, 0.1) is 68.0 Å². The molecule has 21 heteroatoms. The molecule has 118 heavy (non-hydrogen) atoms. The molecule has 12 aliphatic rings. The molecule has 0 heterocycles. The summed E-state index contributed by atoms with van der Waals surface area (Å²) in [6, 6.07) is 4.17. The second-order valence-electron chi connectivity index (χ2n) is 38.1. The van der Waals surface area contributed by atoms with Crippen LogP contribution in [0.15, 0.2) is 42.7 Å². The van der Waals surface area contributed by atoms with E-state index < -0.39 is 25.9 Å². The Morgan fingerprint density at radius 3 is 1.32 bits per heavy atom. The molecule has 6 unspecified atom stereocenters. The number of carboxylic acid groups (broad SMARTS) is 1. The molecule has 12 aliphatic carbocycles. The van der Waals surface area contributed by atoms with Gasteiger partial charge in [-0.25, -0.2) is 4.79 Å². The van der Waals surface area contributed by atoms with Crippen molar-refractivity contribution in [2.24, 2.45) is 68.0 Å². The average molecular weight is 1720 g/mol. The summed E-state index contributed by atoms with van der Waals surface area (Å²) in [6.45, 7) is 10.5. The maximum Gasteiger partial charge on any atom is 0.573 e. The van der Waals surface area contributed by atoms with Gasteiger partial charge >= 0.3 is 37.8 Å². The van der Waals surface area contributed by atoms with Gasteiger partial charge in [0, 0.05) is 36.3 Å². The smallest absolute Gasteiger partial charge is 0.505 e. The van der Waals surface area contributed by atoms with Crippen LogP contribution in [0.1, 0.15) is 399 Å². The van der Waals surface area contributed by atoms with Gasteiger partial charge in [-0.1, -0.05) is 114 Å². The predicted octanol–water partition coefficient (Wildman–Crippen LogP) is 28.1. The van der Waals surface area contributed by atoms with Crippen LogP contribution in [0.2, 0.25) is 5.02 Å². The Morgan fingerprint density at radius 1 is 0.500 bits per heavy atom. The molecule has 0 aromatic heterocycles. The molecule has 0 aliphatic heterocycles. The van der Waals surface area contributed by atoms with Crippen LogP contribution in [0.5, 0.6) is 5.75 Å². The Bertz CT molecular complexity index is 3150. The Morgan fingerprint density at radius 2 is 0.898 bits per heavy atom. The Kier molecular flexibility index (Phi) is 46.5. The van der Waals surface area contributed by atoms with Crippen LogP contribution >= 0.6 is 31.6 Å². The van der Waals surface area contributed by atoms with E-state index in [4.69, 9.17) is 40.0 Å². The van der Waals surface area contributed by atoms with Gasteiger partial charge < -0.3 is 47.4 Å². The first-order valence-corrected chi connectivity index (χ1v) is 49.2. The molecule has 6 spiro atoms. The third-order valence-electron chi connectivity index (χ3n) is 29.7. The first-order chi connectivity index (χ1) is 56.3. The van der Waals surface area contributed by atoms with Crippen molar-refractivity contribution in [3.05, 3.63) is 53.3 Å². The highest BCUT2D eigenvalue weighted by atomic mass is 35.5. The summed E-state index contributed by atoms with van der Waals surface area (Å²) < 4.78 is 82.7. The minimum absolute atomic E-state index is 0. The number of benzene rings is 1. The van der Waals surface area contributed by atoms with Gasteiger partial charge in [-0.05, 0) is 370 Å². The number of hydrogen-bond donors (Lipinski definition) is 1.